The van der Waals surface area contributed by atoms with Crippen molar-refractivity contribution in [1.29, 1.82) is 0 Å². The van der Waals surface area contributed by atoms with Crippen LogP contribution < -0.4 is 15.5 Å². The summed E-state index contributed by atoms with van der Waals surface area (Å²) in [5.41, 5.74) is 5.46. The van der Waals surface area contributed by atoms with Gasteiger partial charge >= 0.3 is 11.8 Å². The smallest absolute Gasteiger partial charge is 0.313 e. The Hall–Kier alpha value is -2.86. The number of nitrogens with zero attached hydrogens (tertiary/aromatic N) is 2. The normalized spacial score (nSPS) is 16.9. The Morgan fingerprint density at radius 2 is 1.80 bits per heavy atom. The van der Waals surface area contributed by atoms with Gasteiger partial charge < -0.3 is 15.5 Å². The number of amides is 2. The highest BCUT2D eigenvalue weighted by Gasteiger charge is 2.27. The monoisotopic (exact) mass is 406 g/mol. The van der Waals surface area contributed by atoms with Gasteiger partial charge in [0.05, 0.1) is 6.04 Å². The van der Waals surface area contributed by atoms with Gasteiger partial charge in [0.2, 0.25) is 0 Å². The Bertz CT molecular complexity index is 937. The third-order valence-electron chi connectivity index (χ3n) is 6.25. The van der Waals surface area contributed by atoms with Crippen molar-refractivity contribution < 1.29 is 9.59 Å². The largest absolute Gasteiger partial charge is 0.374 e. The quantitative estimate of drug-likeness (QED) is 0.750. The van der Waals surface area contributed by atoms with Crippen LogP contribution in [0, 0.1) is 6.92 Å². The number of likely N-dealkylation sites (tertiary alicyclic amines) is 1. The minimum Gasteiger partial charge on any atom is -0.374 e. The molecule has 2 aliphatic rings. The lowest BCUT2D eigenvalue weighted by Gasteiger charge is -2.28. The van der Waals surface area contributed by atoms with Crippen LogP contribution in [0.5, 0.6) is 0 Å². The molecule has 6 nitrogen and oxygen atoms in total. The summed E-state index contributed by atoms with van der Waals surface area (Å²) in [5.74, 6) is -1.22. The van der Waals surface area contributed by atoms with Crippen LogP contribution in [0.25, 0.3) is 0 Å². The average molecular weight is 407 g/mol. The standard InChI is InChI=1S/C24H30N4O2/c1-17-7-3-4-8-20(17)26-24(30)23(29)25-16-22(28-12-5-6-13-28)18-9-10-21-19(15-18)11-14-27(21)2/h3-4,7-10,15,22H,5-6,11-14,16H2,1-2H3,(H,25,29)(H,26,30)/t22-/m0/s1. The van der Waals surface area contributed by atoms with Crippen molar-refractivity contribution >= 4 is 23.2 Å². The molecule has 2 N–H and O–H groups in total. The number of benzene rings is 2. The van der Waals surface area contributed by atoms with Gasteiger partial charge in [0.1, 0.15) is 0 Å². The first-order chi connectivity index (χ1) is 14.5. The van der Waals surface area contributed by atoms with Crippen molar-refractivity contribution in [3.8, 4) is 0 Å². The Morgan fingerprint density at radius 1 is 1.03 bits per heavy atom. The SMILES string of the molecule is Cc1ccccc1NC(=O)C(=O)NC[C@@H](c1ccc2c(c1)CCN2C)N1CCCC1. The van der Waals surface area contributed by atoms with Gasteiger partial charge in [0, 0.05) is 31.5 Å². The van der Waals surface area contributed by atoms with Crippen LogP contribution in [0.15, 0.2) is 42.5 Å². The lowest BCUT2D eigenvalue weighted by atomic mass is 10.0. The molecule has 30 heavy (non-hydrogen) atoms. The molecular formula is C24H30N4O2. The van der Waals surface area contributed by atoms with Gasteiger partial charge in [-0.2, -0.15) is 0 Å². The molecule has 2 aromatic rings. The first kappa shape index (κ1) is 20.4. The van der Waals surface area contributed by atoms with Crippen LogP contribution in [0.3, 0.4) is 0 Å². The van der Waals surface area contributed by atoms with E-state index in [0.29, 0.717) is 12.2 Å². The van der Waals surface area contributed by atoms with E-state index >= 15 is 0 Å². The highest BCUT2D eigenvalue weighted by Crippen LogP contribution is 2.32. The van der Waals surface area contributed by atoms with E-state index in [0.717, 1.165) is 31.6 Å². The number of nitrogens with one attached hydrogen (secondary N) is 2. The predicted molar refractivity (Wildman–Crippen MR) is 120 cm³/mol. The Balaban J connectivity index is 1.44. The molecule has 0 aliphatic carbocycles. The molecule has 0 radical (unpaired) electrons. The number of rotatable bonds is 5. The van der Waals surface area contributed by atoms with Gasteiger partial charge in [0.15, 0.2) is 0 Å². The lowest BCUT2D eigenvalue weighted by molar-refractivity contribution is -0.136. The molecule has 2 heterocycles. The van der Waals surface area contributed by atoms with Crippen LogP contribution in [0.1, 0.15) is 35.6 Å². The number of hydrogen-bond donors (Lipinski definition) is 2. The van der Waals surface area contributed by atoms with Crippen molar-refractivity contribution in [1.82, 2.24) is 10.2 Å². The van der Waals surface area contributed by atoms with E-state index in [2.05, 4.69) is 45.7 Å². The van der Waals surface area contributed by atoms with Crippen LogP contribution in [-0.2, 0) is 16.0 Å². The maximum absolute atomic E-state index is 12.5. The van der Waals surface area contributed by atoms with E-state index in [1.807, 2.05) is 25.1 Å². The van der Waals surface area contributed by atoms with Crippen molar-refractivity contribution in [3.63, 3.8) is 0 Å². The number of carbonyl (C=O) groups is 2. The third-order valence-corrected chi connectivity index (χ3v) is 6.25. The van der Waals surface area contributed by atoms with Gasteiger partial charge in [0.25, 0.3) is 0 Å². The Morgan fingerprint density at radius 3 is 2.57 bits per heavy atom. The molecule has 0 aromatic heterocycles. The van der Waals surface area contributed by atoms with Crippen molar-refractivity contribution in [2.75, 3.05) is 43.4 Å². The summed E-state index contributed by atoms with van der Waals surface area (Å²) >= 11 is 0. The van der Waals surface area contributed by atoms with Gasteiger partial charge in [-0.25, -0.2) is 0 Å². The Labute approximate surface area is 178 Å². The number of para-hydroxylation sites is 1. The summed E-state index contributed by atoms with van der Waals surface area (Å²) in [7, 11) is 2.12. The summed E-state index contributed by atoms with van der Waals surface area (Å²) in [6, 6.07) is 14.2. The number of likely N-dealkylation sites (N-methyl/N-ethyl adjacent to an activating group) is 1. The molecular weight excluding hydrogens is 376 g/mol. The minimum absolute atomic E-state index is 0.0823. The summed E-state index contributed by atoms with van der Waals surface area (Å²) in [6.07, 6.45) is 3.40. The fourth-order valence-electron chi connectivity index (χ4n) is 4.47. The molecule has 6 heteroatoms. The number of fused-ring (bicyclic) bond motifs is 1. The van der Waals surface area contributed by atoms with Gasteiger partial charge in [-0.1, -0.05) is 30.3 Å². The molecule has 0 saturated carbocycles. The zero-order valence-electron chi connectivity index (χ0n) is 17.8. The van der Waals surface area contributed by atoms with E-state index < -0.39 is 11.8 Å². The van der Waals surface area contributed by atoms with Gasteiger partial charge in [-0.3, -0.25) is 14.5 Å². The summed E-state index contributed by atoms with van der Waals surface area (Å²) in [4.78, 5) is 29.6. The second-order valence-electron chi connectivity index (χ2n) is 8.30. The highest BCUT2D eigenvalue weighted by molar-refractivity contribution is 6.39. The lowest BCUT2D eigenvalue weighted by Crippen LogP contribution is -2.41. The molecule has 2 amide bonds. The minimum atomic E-state index is -0.625. The van der Waals surface area contributed by atoms with Gasteiger partial charge in [-0.15, -0.1) is 0 Å². The van der Waals surface area contributed by atoms with Crippen LogP contribution in [0.4, 0.5) is 11.4 Å². The van der Waals surface area contributed by atoms with Crippen molar-refractivity contribution in [2.24, 2.45) is 0 Å². The first-order valence-electron chi connectivity index (χ1n) is 10.8. The molecule has 1 fully saturated rings. The maximum atomic E-state index is 12.5. The fourth-order valence-corrected chi connectivity index (χ4v) is 4.47. The molecule has 0 bridgehead atoms. The number of aryl methyl sites for hydroxylation is 1. The van der Waals surface area contributed by atoms with Crippen LogP contribution in [0.2, 0.25) is 0 Å². The molecule has 4 rings (SSSR count). The number of hydrogen-bond acceptors (Lipinski definition) is 4. The molecule has 1 atom stereocenters. The molecule has 0 unspecified atom stereocenters. The van der Waals surface area contributed by atoms with E-state index in [1.165, 1.54) is 29.7 Å². The van der Waals surface area contributed by atoms with Gasteiger partial charge in [-0.05, 0) is 68.1 Å². The molecule has 2 aromatic carbocycles. The van der Waals surface area contributed by atoms with E-state index in [-0.39, 0.29) is 6.04 Å². The Kier molecular flexibility index (Phi) is 6.04. The van der Waals surface area contributed by atoms with Crippen LogP contribution in [-0.4, -0.2) is 49.9 Å². The second kappa shape index (κ2) is 8.88. The third kappa shape index (κ3) is 4.33. The molecule has 1 saturated heterocycles. The zero-order valence-corrected chi connectivity index (χ0v) is 17.8. The van der Waals surface area contributed by atoms with E-state index in [1.54, 1.807) is 6.07 Å². The summed E-state index contributed by atoms with van der Waals surface area (Å²) in [5, 5.41) is 5.58. The average Bonchev–Trinajstić information content (AvgIpc) is 3.40. The number of anilines is 2. The van der Waals surface area contributed by atoms with E-state index in [9.17, 15) is 9.59 Å². The molecule has 2 aliphatic heterocycles. The highest BCUT2D eigenvalue weighted by atomic mass is 16.2. The van der Waals surface area contributed by atoms with Crippen LogP contribution >= 0.6 is 0 Å². The first-order valence-corrected chi connectivity index (χ1v) is 10.8. The van der Waals surface area contributed by atoms with Crippen molar-refractivity contribution in [2.45, 2.75) is 32.2 Å². The second-order valence-corrected chi connectivity index (χ2v) is 8.30. The predicted octanol–water partition coefficient (Wildman–Crippen LogP) is 2.88. The molecule has 158 valence electrons. The van der Waals surface area contributed by atoms with E-state index in [4.69, 9.17) is 0 Å². The summed E-state index contributed by atoms with van der Waals surface area (Å²) in [6.45, 7) is 5.42. The fraction of sp³-hybridized carbons (Fsp3) is 0.417. The topological polar surface area (TPSA) is 64.7 Å². The molecule has 0 spiro atoms. The maximum Gasteiger partial charge on any atom is 0.313 e. The zero-order chi connectivity index (χ0) is 21.1. The number of carbonyl (C=O) groups excluding carboxylic acids is 2. The summed E-state index contributed by atoms with van der Waals surface area (Å²) < 4.78 is 0. The van der Waals surface area contributed by atoms with Crippen molar-refractivity contribution in [3.05, 3.63) is 59.2 Å².